The SMILES string of the molecule is Cc1ccccc1COc1cccc(CC(=O)NC2CCCNC2)c1.Cl. The van der Waals surface area contributed by atoms with E-state index in [0.717, 1.165) is 37.2 Å². The monoisotopic (exact) mass is 374 g/mol. The van der Waals surface area contributed by atoms with E-state index in [4.69, 9.17) is 4.74 Å². The lowest BCUT2D eigenvalue weighted by molar-refractivity contribution is -0.121. The summed E-state index contributed by atoms with van der Waals surface area (Å²) in [5.74, 6) is 0.873. The molecule has 1 amide bonds. The number of ether oxygens (including phenoxy) is 1. The van der Waals surface area contributed by atoms with Gasteiger partial charge in [-0.3, -0.25) is 4.79 Å². The lowest BCUT2D eigenvalue weighted by Crippen LogP contribution is -2.46. The van der Waals surface area contributed by atoms with Gasteiger partial charge in [-0.15, -0.1) is 12.4 Å². The number of halogens is 1. The van der Waals surface area contributed by atoms with Gasteiger partial charge in [0.15, 0.2) is 0 Å². The number of hydrogen-bond donors (Lipinski definition) is 2. The maximum atomic E-state index is 12.2. The maximum Gasteiger partial charge on any atom is 0.224 e. The molecular weight excluding hydrogens is 348 g/mol. The first-order valence-corrected chi connectivity index (χ1v) is 8.97. The van der Waals surface area contributed by atoms with Crippen molar-refractivity contribution in [1.29, 1.82) is 0 Å². The molecule has 2 aromatic carbocycles. The van der Waals surface area contributed by atoms with Gasteiger partial charge in [-0.2, -0.15) is 0 Å². The summed E-state index contributed by atoms with van der Waals surface area (Å²) in [5, 5.41) is 6.43. The molecule has 1 aliphatic heterocycles. The lowest BCUT2D eigenvalue weighted by atomic mass is 10.1. The Kier molecular flexibility index (Phi) is 7.95. The Morgan fingerprint density at radius 2 is 2.08 bits per heavy atom. The van der Waals surface area contributed by atoms with Gasteiger partial charge in [0.05, 0.1) is 6.42 Å². The predicted octanol–water partition coefficient (Wildman–Crippen LogP) is 3.41. The van der Waals surface area contributed by atoms with E-state index in [-0.39, 0.29) is 24.4 Å². The quantitative estimate of drug-likeness (QED) is 0.814. The summed E-state index contributed by atoms with van der Waals surface area (Å²) < 4.78 is 5.90. The Bertz CT molecular complexity index is 715. The van der Waals surface area contributed by atoms with Gasteiger partial charge in [0.2, 0.25) is 5.91 Å². The van der Waals surface area contributed by atoms with E-state index in [2.05, 4.69) is 29.7 Å². The molecule has 140 valence electrons. The number of rotatable bonds is 6. The van der Waals surface area contributed by atoms with Gasteiger partial charge in [-0.1, -0.05) is 36.4 Å². The zero-order chi connectivity index (χ0) is 17.5. The summed E-state index contributed by atoms with van der Waals surface area (Å²) >= 11 is 0. The van der Waals surface area contributed by atoms with Crippen molar-refractivity contribution in [3.05, 3.63) is 65.2 Å². The van der Waals surface area contributed by atoms with Gasteiger partial charge in [-0.05, 0) is 55.1 Å². The molecule has 0 saturated carbocycles. The molecule has 26 heavy (non-hydrogen) atoms. The van der Waals surface area contributed by atoms with Crippen LogP contribution in [-0.4, -0.2) is 25.0 Å². The van der Waals surface area contributed by atoms with E-state index in [1.807, 2.05) is 36.4 Å². The molecule has 3 rings (SSSR count). The third kappa shape index (κ3) is 6.04. The first-order valence-electron chi connectivity index (χ1n) is 8.97. The Labute approximate surface area is 161 Å². The summed E-state index contributed by atoms with van der Waals surface area (Å²) in [4.78, 5) is 12.2. The van der Waals surface area contributed by atoms with Crippen LogP contribution in [0, 0.1) is 6.92 Å². The van der Waals surface area contributed by atoms with Crippen LogP contribution in [0.5, 0.6) is 5.75 Å². The molecule has 0 spiro atoms. The summed E-state index contributed by atoms with van der Waals surface area (Å²) in [6, 6.07) is 16.3. The number of nitrogens with one attached hydrogen (secondary N) is 2. The second-order valence-electron chi connectivity index (χ2n) is 6.65. The van der Waals surface area contributed by atoms with E-state index in [9.17, 15) is 4.79 Å². The van der Waals surface area contributed by atoms with Crippen molar-refractivity contribution >= 4 is 18.3 Å². The molecule has 2 N–H and O–H groups in total. The van der Waals surface area contributed by atoms with E-state index < -0.39 is 0 Å². The van der Waals surface area contributed by atoms with Crippen molar-refractivity contribution in [3.63, 3.8) is 0 Å². The fourth-order valence-corrected chi connectivity index (χ4v) is 3.12. The summed E-state index contributed by atoms with van der Waals surface area (Å²) in [5.41, 5.74) is 3.37. The van der Waals surface area contributed by atoms with Crippen LogP contribution in [0.1, 0.15) is 29.5 Å². The fraction of sp³-hybridized carbons (Fsp3) is 0.381. The number of benzene rings is 2. The van der Waals surface area contributed by atoms with Crippen LogP contribution in [0.3, 0.4) is 0 Å². The van der Waals surface area contributed by atoms with Crippen molar-refractivity contribution in [2.24, 2.45) is 0 Å². The second-order valence-corrected chi connectivity index (χ2v) is 6.65. The van der Waals surface area contributed by atoms with E-state index in [1.54, 1.807) is 0 Å². The fourth-order valence-electron chi connectivity index (χ4n) is 3.12. The normalized spacial score (nSPS) is 16.4. The minimum Gasteiger partial charge on any atom is -0.489 e. The molecule has 0 aliphatic carbocycles. The van der Waals surface area contributed by atoms with Crippen molar-refractivity contribution < 1.29 is 9.53 Å². The topological polar surface area (TPSA) is 50.4 Å². The number of piperidine rings is 1. The van der Waals surface area contributed by atoms with Gasteiger partial charge < -0.3 is 15.4 Å². The Morgan fingerprint density at radius 3 is 2.85 bits per heavy atom. The second kappa shape index (κ2) is 10.2. The van der Waals surface area contributed by atoms with E-state index in [1.165, 1.54) is 11.1 Å². The lowest BCUT2D eigenvalue weighted by Gasteiger charge is -2.23. The average Bonchev–Trinajstić information content (AvgIpc) is 2.62. The molecule has 1 fully saturated rings. The molecule has 0 radical (unpaired) electrons. The van der Waals surface area contributed by atoms with Crippen molar-refractivity contribution in [3.8, 4) is 5.75 Å². The molecule has 1 heterocycles. The first-order chi connectivity index (χ1) is 12.2. The van der Waals surface area contributed by atoms with Crippen LogP contribution in [-0.2, 0) is 17.8 Å². The third-order valence-corrected chi connectivity index (χ3v) is 4.58. The zero-order valence-corrected chi connectivity index (χ0v) is 16.0. The summed E-state index contributed by atoms with van der Waals surface area (Å²) in [6.07, 6.45) is 2.56. The van der Waals surface area contributed by atoms with Crippen LogP contribution in [0.25, 0.3) is 0 Å². The highest BCUT2D eigenvalue weighted by Gasteiger charge is 2.15. The summed E-state index contributed by atoms with van der Waals surface area (Å²) in [6.45, 7) is 4.54. The molecule has 0 aromatic heterocycles. The Morgan fingerprint density at radius 1 is 1.23 bits per heavy atom. The third-order valence-electron chi connectivity index (χ3n) is 4.58. The van der Waals surface area contributed by atoms with Crippen LogP contribution in [0.15, 0.2) is 48.5 Å². The number of carbonyl (C=O) groups is 1. The van der Waals surface area contributed by atoms with Gasteiger partial charge in [0.1, 0.15) is 12.4 Å². The number of amides is 1. The van der Waals surface area contributed by atoms with Crippen LogP contribution in [0.2, 0.25) is 0 Å². The predicted molar refractivity (Wildman–Crippen MR) is 107 cm³/mol. The van der Waals surface area contributed by atoms with Crippen molar-refractivity contribution in [2.75, 3.05) is 13.1 Å². The molecule has 2 aromatic rings. The molecule has 5 heteroatoms. The average molecular weight is 375 g/mol. The molecule has 1 unspecified atom stereocenters. The van der Waals surface area contributed by atoms with Gasteiger partial charge in [0, 0.05) is 12.6 Å². The van der Waals surface area contributed by atoms with Gasteiger partial charge >= 0.3 is 0 Å². The molecule has 0 bridgehead atoms. The van der Waals surface area contributed by atoms with E-state index in [0.29, 0.717) is 13.0 Å². The van der Waals surface area contributed by atoms with Crippen molar-refractivity contribution in [2.45, 2.75) is 38.8 Å². The van der Waals surface area contributed by atoms with E-state index >= 15 is 0 Å². The van der Waals surface area contributed by atoms with Crippen LogP contribution >= 0.6 is 12.4 Å². The smallest absolute Gasteiger partial charge is 0.224 e. The largest absolute Gasteiger partial charge is 0.489 e. The first kappa shape index (κ1) is 20.3. The molecule has 4 nitrogen and oxygen atoms in total. The number of aryl methyl sites for hydroxylation is 1. The van der Waals surface area contributed by atoms with Crippen LogP contribution in [0.4, 0.5) is 0 Å². The molecule has 1 aliphatic rings. The van der Waals surface area contributed by atoms with Crippen molar-refractivity contribution in [1.82, 2.24) is 10.6 Å². The highest BCUT2D eigenvalue weighted by Crippen LogP contribution is 2.17. The van der Waals surface area contributed by atoms with Crippen LogP contribution < -0.4 is 15.4 Å². The Balaban J connectivity index is 0.00000243. The number of hydrogen-bond acceptors (Lipinski definition) is 3. The summed E-state index contributed by atoms with van der Waals surface area (Å²) in [7, 11) is 0. The van der Waals surface area contributed by atoms with Gasteiger partial charge in [-0.25, -0.2) is 0 Å². The zero-order valence-electron chi connectivity index (χ0n) is 15.2. The molecule has 1 atom stereocenters. The standard InChI is InChI=1S/C21H26N2O2.ClH/c1-16-6-2-3-8-18(16)15-25-20-10-4-7-17(12-20)13-21(24)23-19-9-5-11-22-14-19;/h2-4,6-8,10,12,19,22H,5,9,11,13-15H2,1H3,(H,23,24);1H. The minimum atomic E-state index is 0. The highest BCUT2D eigenvalue weighted by molar-refractivity contribution is 5.85. The van der Waals surface area contributed by atoms with Gasteiger partial charge in [0.25, 0.3) is 0 Å². The molecular formula is C21H27ClN2O2. The molecule has 1 saturated heterocycles. The highest BCUT2D eigenvalue weighted by atomic mass is 35.5. The maximum absolute atomic E-state index is 12.2. The minimum absolute atomic E-state index is 0. The number of carbonyl (C=O) groups excluding carboxylic acids is 1. The Hall–Kier alpha value is -2.04.